The lowest BCUT2D eigenvalue weighted by molar-refractivity contribution is 0.397. The second kappa shape index (κ2) is 13.8. The molecule has 6 aromatic rings. The van der Waals surface area contributed by atoms with Gasteiger partial charge in [0.05, 0.1) is 6.20 Å². The van der Waals surface area contributed by atoms with Gasteiger partial charge in [0, 0.05) is 26.1 Å². The normalized spacial score (nSPS) is 12.4. The Labute approximate surface area is 270 Å². The zero-order chi connectivity index (χ0) is 31.9. The molecule has 5 aromatic carbocycles. The standard InChI is InChI=1S/C42H36N2O2/c1-4-29(19-22-35(45)26-43-3)42-38-14-10-9-13-37(38)41(30(5-2)20-23-36-27-44-28-46-36)39-24-21-34(25-40(39)42)33-17-15-32(16-18-33)31-11-7-6-8-12-31/h4-21,24-28,43,45H,1-2,22-23H2,3H3/b29-19+,30-20+,35-26-. The Morgan fingerprint density at radius 1 is 0.717 bits per heavy atom. The Morgan fingerprint density at radius 2 is 1.28 bits per heavy atom. The van der Waals surface area contributed by atoms with Crippen LogP contribution in [0.3, 0.4) is 0 Å². The second-order valence-electron chi connectivity index (χ2n) is 11.0. The molecule has 0 radical (unpaired) electrons. The van der Waals surface area contributed by atoms with Crippen LogP contribution in [0, 0.1) is 0 Å². The van der Waals surface area contributed by atoms with Crippen molar-refractivity contribution in [2.24, 2.45) is 0 Å². The molecule has 1 heterocycles. The summed E-state index contributed by atoms with van der Waals surface area (Å²) in [4.78, 5) is 4.08. The summed E-state index contributed by atoms with van der Waals surface area (Å²) < 4.78 is 5.53. The molecular weight excluding hydrogens is 564 g/mol. The molecule has 0 aliphatic rings. The molecule has 1 aromatic heterocycles. The molecule has 226 valence electrons. The number of allylic oxidation sites excluding steroid dienone is 6. The number of aliphatic hydroxyl groups is 1. The van der Waals surface area contributed by atoms with Crippen LogP contribution in [0.1, 0.15) is 23.3 Å². The Kier molecular flexibility index (Phi) is 9.07. The van der Waals surface area contributed by atoms with Crippen molar-refractivity contribution in [3.63, 3.8) is 0 Å². The van der Waals surface area contributed by atoms with Crippen LogP contribution in [-0.4, -0.2) is 17.1 Å². The van der Waals surface area contributed by atoms with E-state index in [1.807, 2.05) is 24.3 Å². The first-order chi connectivity index (χ1) is 22.6. The minimum absolute atomic E-state index is 0.246. The highest BCUT2D eigenvalue weighted by atomic mass is 16.3. The number of aliphatic hydroxyl groups excluding tert-OH is 1. The molecule has 0 saturated carbocycles. The molecule has 0 fully saturated rings. The highest BCUT2D eigenvalue weighted by Gasteiger charge is 2.18. The number of benzene rings is 5. The van der Waals surface area contributed by atoms with E-state index in [0.29, 0.717) is 12.8 Å². The molecule has 4 nitrogen and oxygen atoms in total. The predicted octanol–water partition coefficient (Wildman–Crippen LogP) is 10.7. The number of rotatable bonds is 11. The van der Waals surface area contributed by atoms with Gasteiger partial charge in [0.15, 0.2) is 6.39 Å². The lowest BCUT2D eigenvalue weighted by Gasteiger charge is -2.20. The van der Waals surface area contributed by atoms with Gasteiger partial charge in [-0.25, -0.2) is 4.98 Å². The zero-order valence-electron chi connectivity index (χ0n) is 25.9. The first-order valence-electron chi connectivity index (χ1n) is 15.3. The molecular formula is C42H36N2O2. The first-order valence-corrected chi connectivity index (χ1v) is 15.3. The second-order valence-corrected chi connectivity index (χ2v) is 11.0. The van der Waals surface area contributed by atoms with E-state index >= 15 is 0 Å². The van der Waals surface area contributed by atoms with E-state index in [1.54, 1.807) is 19.4 Å². The summed E-state index contributed by atoms with van der Waals surface area (Å²) in [5, 5.41) is 17.7. The SMILES string of the molecule is C=C/C(=C\Cc1cnco1)c1c2ccccc2c(/C(C=C)=C/C/C(O)=C/NC)c2cc(-c3ccc(-c4ccccc4)cc3)ccc12. The zero-order valence-corrected chi connectivity index (χ0v) is 25.9. The van der Waals surface area contributed by atoms with Crippen molar-refractivity contribution < 1.29 is 9.52 Å². The Hall–Kier alpha value is -5.87. The average molecular weight is 601 g/mol. The number of hydrogen-bond acceptors (Lipinski definition) is 4. The predicted molar refractivity (Wildman–Crippen MR) is 193 cm³/mol. The Morgan fingerprint density at radius 3 is 1.91 bits per heavy atom. The number of aromatic nitrogens is 1. The summed E-state index contributed by atoms with van der Waals surface area (Å²) in [5.74, 6) is 1.03. The van der Waals surface area contributed by atoms with Gasteiger partial charge in [-0.3, -0.25) is 0 Å². The Bertz CT molecular complexity index is 2100. The van der Waals surface area contributed by atoms with Gasteiger partial charge in [-0.2, -0.15) is 0 Å². The highest BCUT2D eigenvalue weighted by molar-refractivity contribution is 6.18. The summed E-state index contributed by atoms with van der Waals surface area (Å²) >= 11 is 0. The number of nitrogens with one attached hydrogen (secondary N) is 1. The van der Waals surface area contributed by atoms with Gasteiger partial charge < -0.3 is 14.8 Å². The average Bonchev–Trinajstić information content (AvgIpc) is 3.63. The molecule has 46 heavy (non-hydrogen) atoms. The topological polar surface area (TPSA) is 58.3 Å². The maximum atomic E-state index is 10.4. The monoisotopic (exact) mass is 600 g/mol. The summed E-state index contributed by atoms with van der Waals surface area (Å²) in [6.07, 6.45) is 13.7. The third-order valence-electron chi connectivity index (χ3n) is 8.22. The Balaban J connectivity index is 1.59. The third-order valence-corrected chi connectivity index (χ3v) is 8.22. The van der Waals surface area contributed by atoms with Crippen molar-refractivity contribution in [1.29, 1.82) is 0 Å². The van der Waals surface area contributed by atoms with Crippen LogP contribution in [0.15, 0.2) is 163 Å². The van der Waals surface area contributed by atoms with Gasteiger partial charge in [0.25, 0.3) is 0 Å². The van der Waals surface area contributed by atoms with E-state index in [-0.39, 0.29) is 5.76 Å². The minimum atomic E-state index is 0.246. The molecule has 0 amide bonds. The van der Waals surface area contributed by atoms with E-state index in [4.69, 9.17) is 4.42 Å². The van der Waals surface area contributed by atoms with Crippen molar-refractivity contribution in [3.05, 3.63) is 176 Å². The van der Waals surface area contributed by atoms with Crippen LogP contribution >= 0.6 is 0 Å². The van der Waals surface area contributed by atoms with Gasteiger partial charge in [0.2, 0.25) is 0 Å². The number of oxazole rings is 1. The van der Waals surface area contributed by atoms with Gasteiger partial charge >= 0.3 is 0 Å². The first kappa shape index (κ1) is 30.2. The van der Waals surface area contributed by atoms with E-state index < -0.39 is 0 Å². The molecule has 6 rings (SSSR count). The van der Waals surface area contributed by atoms with Gasteiger partial charge in [-0.1, -0.05) is 128 Å². The molecule has 0 saturated heterocycles. The maximum Gasteiger partial charge on any atom is 0.180 e. The fourth-order valence-electron chi connectivity index (χ4n) is 6.03. The third kappa shape index (κ3) is 6.19. The fourth-order valence-corrected chi connectivity index (χ4v) is 6.03. The van der Waals surface area contributed by atoms with Crippen LogP contribution in [-0.2, 0) is 6.42 Å². The fraction of sp³-hybridized carbons (Fsp3) is 0.0714. The van der Waals surface area contributed by atoms with Gasteiger partial charge in [0.1, 0.15) is 11.5 Å². The van der Waals surface area contributed by atoms with E-state index in [9.17, 15) is 5.11 Å². The molecule has 0 atom stereocenters. The van der Waals surface area contributed by atoms with Crippen molar-refractivity contribution >= 4 is 32.7 Å². The van der Waals surface area contributed by atoms with Crippen molar-refractivity contribution in [3.8, 4) is 22.3 Å². The van der Waals surface area contributed by atoms with Crippen LogP contribution in [0.25, 0.3) is 54.9 Å². The van der Waals surface area contributed by atoms with E-state index in [0.717, 1.165) is 60.7 Å². The lowest BCUT2D eigenvalue weighted by Crippen LogP contribution is -1.97. The number of hydrogen-bond donors (Lipinski definition) is 2. The smallest absolute Gasteiger partial charge is 0.180 e. The van der Waals surface area contributed by atoms with Crippen LogP contribution in [0.4, 0.5) is 0 Å². The van der Waals surface area contributed by atoms with Crippen LogP contribution < -0.4 is 5.32 Å². The summed E-state index contributed by atoms with van der Waals surface area (Å²) in [6, 6.07) is 34.3. The molecule has 2 N–H and O–H groups in total. The summed E-state index contributed by atoms with van der Waals surface area (Å²) in [7, 11) is 1.77. The molecule has 0 unspecified atom stereocenters. The van der Waals surface area contributed by atoms with Gasteiger partial charge in [-0.15, -0.1) is 0 Å². The molecule has 4 heteroatoms. The molecule has 0 aliphatic heterocycles. The van der Waals surface area contributed by atoms with Crippen LogP contribution in [0.2, 0.25) is 0 Å². The molecule has 0 bridgehead atoms. The largest absolute Gasteiger partial charge is 0.510 e. The molecule has 0 spiro atoms. The van der Waals surface area contributed by atoms with Crippen molar-refractivity contribution in [1.82, 2.24) is 10.3 Å². The number of fused-ring (bicyclic) bond motifs is 2. The number of nitrogens with zero attached hydrogens (tertiary/aromatic N) is 1. The van der Waals surface area contributed by atoms with Crippen molar-refractivity contribution in [2.45, 2.75) is 12.8 Å². The van der Waals surface area contributed by atoms with E-state index in [1.165, 1.54) is 17.5 Å². The summed E-state index contributed by atoms with van der Waals surface area (Å²) in [6.45, 7) is 8.40. The van der Waals surface area contributed by atoms with Crippen LogP contribution in [0.5, 0.6) is 0 Å². The summed E-state index contributed by atoms with van der Waals surface area (Å²) in [5.41, 5.74) is 8.76. The molecule has 0 aliphatic carbocycles. The minimum Gasteiger partial charge on any atom is -0.510 e. The maximum absolute atomic E-state index is 10.4. The van der Waals surface area contributed by atoms with E-state index in [2.05, 4.69) is 121 Å². The highest BCUT2D eigenvalue weighted by Crippen LogP contribution is 2.42. The quantitative estimate of drug-likeness (QED) is 0.0882. The lowest BCUT2D eigenvalue weighted by atomic mass is 9.84. The van der Waals surface area contributed by atoms with Gasteiger partial charge in [-0.05, 0) is 72.1 Å². The van der Waals surface area contributed by atoms with Crippen molar-refractivity contribution in [2.75, 3.05) is 7.05 Å².